The van der Waals surface area contributed by atoms with Crippen LogP contribution in [0.4, 0.5) is 0 Å². The van der Waals surface area contributed by atoms with Crippen LogP contribution in [0.15, 0.2) is 47.5 Å². The number of rotatable bonds is 8. The van der Waals surface area contributed by atoms with E-state index >= 15 is 0 Å². The van der Waals surface area contributed by atoms with E-state index in [1.54, 1.807) is 34.6 Å². The standard InChI is InChI=1S/C12H14N2O3S.C8H12N2O2S/c1-3-14-12(8-9-13-14)17-18(15,16)11-6-4-10(2)5-7-11;1-6(11)7-4-8(12-2)9-10(7)5-13-3/h4-9H,3H2,1-2H3;4H,5H2,1-3H3. The molecule has 2 aromatic heterocycles. The Kier molecular flexibility index (Phi) is 8.69. The number of thioether (sulfide) groups is 1. The van der Waals surface area contributed by atoms with Crippen molar-refractivity contribution in [3.63, 3.8) is 0 Å². The number of aromatic nitrogens is 4. The smallest absolute Gasteiger partial charge is 0.340 e. The fraction of sp³-hybridized carbons (Fsp3) is 0.350. The average Bonchev–Trinajstić information content (AvgIpc) is 3.35. The lowest BCUT2D eigenvalue weighted by Gasteiger charge is -2.08. The zero-order chi connectivity index (χ0) is 23.0. The molecule has 0 saturated heterocycles. The number of hydrogen-bond acceptors (Lipinski definition) is 8. The van der Waals surface area contributed by atoms with Crippen LogP contribution in [0.1, 0.15) is 29.9 Å². The fourth-order valence-corrected chi connectivity index (χ4v) is 3.86. The van der Waals surface area contributed by atoms with Crippen LogP contribution in [-0.4, -0.2) is 47.1 Å². The molecule has 0 bridgehead atoms. The number of benzene rings is 1. The Hall–Kier alpha value is -2.79. The van der Waals surface area contributed by atoms with Gasteiger partial charge in [-0.2, -0.15) is 13.5 Å². The highest BCUT2D eigenvalue weighted by atomic mass is 32.2. The second-order valence-corrected chi connectivity index (χ2v) is 8.76. The number of ketones is 1. The van der Waals surface area contributed by atoms with Crippen molar-refractivity contribution >= 4 is 27.7 Å². The molecule has 9 nitrogen and oxygen atoms in total. The molecular formula is C20H26N4O5S2. The maximum absolute atomic E-state index is 12.0. The van der Waals surface area contributed by atoms with Gasteiger partial charge in [0.05, 0.1) is 19.2 Å². The highest BCUT2D eigenvalue weighted by Gasteiger charge is 2.18. The zero-order valence-electron chi connectivity index (χ0n) is 18.1. The maximum Gasteiger partial charge on any atom is 0.340 e. The van der Waals surface area contributed by atoms with Gasteiger partial charge in [0, 0.05) is 25.6 Å². The lowest BCUT2D eigenvalue weighted by Crippen LogP contribution is -2.12. The van der Waals surface area contributed by atoms with Crippen molar-refractivity contribution < 1.29 is 22.1 Å². The molecule has 0 N–H and O–H groups in total. The third kappa shape index (κ3) is 6.59. The van der Waals surface area contributed by atoms with Crippen molar-refractivity contribution in [2.24, 2.45) is 0 Å². The van der Waals surface area contributed by atoms with Crippen molar-refractivity contribution in [3.05, 3.63) is 53.9 Å². The first kappa shape index (κ1) is 24.5. The van der Waals surface area contributed by atoms with Gasteiger partial charge in [-0.25, -0.2) is 9.36 Å². The minimum absolute atomic E-state index is 0.00449. The summed E-state index contributed by atoms with van der Waals surface area (Å²) in [6, 6.07) is 9.68. The van der Waals surface area contributed by atoms with Crippen LogP contribution < -0.4 is 8.92 Å². The van der Waals surface area contributed by atoms with E-state index < -0.39 is 10.1 Å². The Morgan fingerprint density at radius 3 is 2.39 bits per heavy atom. The molecule has 0 unspecified atom stereocenters. The predicted molar refractivity (Wildman–Crippen MR) is 119 cm³/mol. The van der Waals surface area contributed by atoms with E-state index in [1.807, 2.05) is 20.1 Å². The van der Waals surface area contributed by atoms with Gasteiger partial charge >= 0.3 is 10.1 Å². The van der Waals surface area contributed by atoms with Crippen molar-refractivity contribution in [1.29, 1.82) is 0 Å². The Morgan fingerprint density at radius 1 is 1.16 bits per heavy atom. The van der Waals surface area contributed by atoms with Crippen molar-refractivity contribution in [3.8, 4) is 11.8 Å². The monoisotopic (exact) mass is 466 g/mol. The molecule has 3 aromatic rings. The summed E-state index contributed by atoms with van der Waals surface area (Å²) in [5, 5.41) is 8.05. The highest BCUT2D eigenvalue weighted by molar-refractivity contribution is 7.97. The van der Waals surface area contributed by atoms with Gasteiger partial charge in [-0.15, -0.1) is 16.9 Å². The molecule has 168 valence electrons. The lowest BCUT2D eigenvalue weighted by molar-refractivity contribution is 0.100. The summed E-state index contributed by atoms with van der Waals surface area (Å²) in [5.41, 5.74) is 1.58. The lowest BCUT2D eigenvalue weighted by atomic mass is 10.2. The Bertz CT molecular complexity index is 1110. The van der Waals surface area contributed by atoms with E-state index in [1.165, 1.54) is 43.1 Å². The van der Waals surface area contributed by atoms with Crippen LogP contribution in [0.5, 0.6) is 11.8 Å². The first-order valence-corrected chi connectivity index (χ1v) is 12.2. The summed E-state index contributed by atoms with van der Waals surface area (Å²) in [5.74, 6) is 1.38. The van der Waals surface area contributed by atoms with Gasteiger partial charge in [-0.05, 0) is 32.2 Å². The zero-order valence-corrected chi connectivity index (χ0v) is 19.7. The third-order valence-corrected chi connectivity index (χ3v) is 5.80. The van der Waals surface area contributed by atoms with E-state index in [0.29, 0.717) is 24.0 Å². The number of methoxy groups -OCH3 is 1. The molecule has 0 radical (unpaired) electrons. The van der Waals surface area contributed by atoms with Gasteiger partial charge in [0.2, 0.25) is 11.8 Å². The quantitative estimate of drug-likeness (QED) is 0.367. The van der Waals surface area contributed by atoms with E-state index in [2.05, 4.69) is 10.2 Å². The van der Waals surface area contributed by atoms with Crippen LogP contribution in [0.25, 0.3) is 0 Å². The first-order valence-electron chi connectivity index (χ1n) is 9.36. The van der Waals surface area contributed by atoms with Crippen LogP contribution in [-0.2, 0) is 22.5 Å². The summed E-state index contributed by atoms with van der Waals surface area (Å²) < 4.78 is 37.2. The largest absolute Gasteiger partial charge is 0.480 e. The van der Waals surface area contributed by atoms with Gasteiger partial charge in [-0.1, -0.05) is 17.7 Å². The molecule has 0 fully saturated rings. The molecule has 0 aliphatic carbocycles. The predicted octanol–water partition coefficient (Wildman–Crippen LogP) is 3.39. The van der Waals surface area contributed by atoms with Crippen molar-refractivity contribution in [2.75, 3.05) is 13.4 Å². The molecule has 0 amide bonds. The van der Waals surface area contributed by atoms with Gasteiger partial charge in [0.15, 0.2) is 5.78 Å². The molecule has 11 heteroatoms. The highest BCUT2D eigenvalue weighted by Crippen LogP contribution is 2.18. The first-order chi connectivity index (χ1) is 14.7. The maximum atomic E-state index is 12.0. The summed E-state index contributed by atoms with van der Waals surface area (Å²) >= 11 is 1.60. The fourth-order valence-electron chi connectivity index (χ4n) is 2.49. The molecule has 31 heavy (non-hydrogen) atoms. The second kappa shape index (κ2) is 11.0. The third-order valence-electron chi connectivity index (χ3n) is 4.06. The molecule has 2 heterocycles. The van der Waals surface area contributed by atoms with E-state index in [-0.39, 0.29) is 16.6 Å². The Labute approximate surface area is 186 Å². The summed E-state index contributed by atoms with van der Waals surface area (Å²) in [6.07, 6.45) is 3.46. The number of Topliss-reactive ketones (excluding diaryl/α,β-unsaturated/α-hetero) is 1. The van der Waals surface area contributed by atoms with Crippen LogP contribution in [0, 0.1) is 6.92 Å². The van der Waals surface area contributed by atoms with E-state index in [9.17, 15) is 13.2 Å². The van der Waals surface area contributed by atoms with Gasteiger partial charge in [0.1, 0.15) is 10.6 Å². The molecular weight excluding hydrogens is 440 g/mol. The van der Waals surface area contributed by atoms with Gasteiger partial charge in [-0.3, -0.25) is 4.79 Å². The number of nitrogens with zero attached hydrogens (tertiary/aromatic N) is 4. The molecule has 0 saturated carbocycles. The van der Waals surface area contributed by atoms with Crippen molar-refractivity contribution in [1.82, 2.24) is 19.6 Å². The Morgan fingerprint density at radius 2 is 1.84 bits per heavy atom. The summed E-state index contributed by atoms with van der Waals surface area (Å²) in [4.78, 5) is 11.3. The minimum Gasteiger partial charge on any atom is -0.480 e. The second-order valence-electron chi connectivity index (χ2n) is 6.38. The normalized spacial score (nSPS) is 10.9. The number of ether oxygens (including phenoxy) is 1. The van der Waals surface area contributed by atoms with Crippen molar-refractivity contribution in [2.45, 2.75) is 38.1 Å². The SMILES string of the molecule is CCn1nccc1OS(=O)(=O)c1ccc(C)cc1.COc1cc(C(C)=O)n(CSC)n1. The summed E-state index contributed by atoms with van der Waals surface area (Å²) in [7, 11) is -2.26. The number of carbonyl (C=O) groups excluding carboxylic acids is 1. The van der Waals surface area contributed by atoms with Crippen LogP contribution in [0.2, 0.25) is 0 Å². The average molecular weight is 467 g/mol. The molecule has 0 atom stereocenters. The summed E-state index contributed by atoms with van der Waals surface area (Å²) in [6.45, 7) is 5.82. The molecule has 1 aromatic carbocycles. The number of carbonyl (C=O) groups is 1. The number of aryl methyl sites for hydroxylation is 2. The van der Waals surface area contributed by atoms with E-state index in [0.717, 1.165) is 5.56 Å². The van der Waals surface area contributed by atoms with E-state index in [4.69, 9.17) is 8.92 Å². The minimum atomic E-state index is -3.79. The Balaban J connectivity index is 0.000000233. The van der Waals surface area contributed by atoms with Crippen LogP contribution >= 0.6 is 11.8 Å². The van der Waals surface area contributed by atoms with Crippen LogP contribution in [0.3, 0.4) is 0 Å². The van der Waals surface area contributed by atoms with Gasteiger partial charge < -0.3 is 8.92 Å². The molecule has 3 rings (SSSR count). The van der Waals surface area contributed by atoms with Gasteiger partial charge in [0.25, 0.3) is 0 Å². The number of hydrogen-bond donors (Lipinski definition) is 0. The molecule has 0 spiro atoms. The topological polar surface area (TPSA) is 105 Å². The molecule has 0 aliphatic heterocycles. The molecule has 0 aliphatic rings.